The average molecular weight is 414 g/mol. The van der Waals surface area contributed by atoms with E-state index in [2.05, 4.69) is 15.4 Å². The lowest BCUT2D eigenvalue weighted by atomic mass is 10.1. The molecule has 0 saturated heterocycles. The van der Waals surface area contributed by atoms with E-state index in [1.165, 1.54) is 4.68 Å². The van der Waals surface area contributed by atoms with Crippen molar-refractivity contribution in [3.05, 3.63) is 100 Å². The summed E-state index contributed by atoms with van der Waals surface area (Å²) < 4.78 is 6.44. The van der Waals surface area contributed by atoms with Crippen LogP contribution in [0.4, 0.5) is 0 Å². The van der Waals surface area contributed by atoms with Gasteiger partial charge in [0.25, 0.3) is 5.56 Å². The summed E-state index contributed by atoms with van der Waals surface area (Å²) >= 11 is 0. The third kappa shape index (κ3) is 4.78. The molecule has 2 aromatic heterocycles. The normalized spacial score (nSPS) is 10.7. The Hall–Kier alpha value is -4.00. The number of pyridine rings is 1. The molecule has 0 radical (unpaired) electrons. The molecule has 0 bridgehead atoms. The van der Waals surface area contributed by atoms with Crippen LogP contribution in [0.15, 0.2) is 77.9 Å². The van der Waals surface area contributed by atoms with E-state index in [1.54, 1.807) is 25.6 Å². The summed E-state index contributed by atoms with van der Waals surface area (Å²) in [7, 11) is 1.60. The standard InChI is InChI=1S/C24H22N4O3/c1-31-19-6-4-5-18(13-19)15-26-23(29)16-28-24(30)21-8-3-2-7-20(21)22(27-28)14-17-9-11-25-12-10-17/h2-13H,14-16H2,1H3,(H,26,29). The van der Waals surface area contributed by atoms with Gasteiger partial charge in [-0.1, -0.05) is 30.3 Å². The molecule has 0 atom stereocenters. The number of nitrogens with zero attached hydrogens (tertiary/aromatic N) is 3. The minimum Gasteiger partial charge on any atom is -0.497 e. The third-order valence-electron chi connectivity index (χ3n) is 4.98. The van der Waals surface area contributed by atoms with Crippen LogP contribution >= 0.6 is 0 Å². The van der Waals surface area contributed by atoms with Crippen LogP contribution in [-0.2, 0) is 24.3 Å². The molecule has 156 valence electrons. The molecule has 0 aliphatic carbocycles. The Morgan fingerprint density at radius 2 is 1.77 bits per heavy atom. The first kappa shape index (κ1) is 20.3. The fourth-order valence-electron chi connectivity index (χ4n) is 3.41. The highest BCUT2D eigenvalue weighted by atomic mass is 16.5. The molecule has 7 nitrogen and oxygen atoms in total. The Morgan fingerprint density at radius 3 is 2.55 bits per heavy atom. The van der Waals surface area contributed by atoms with Gasteiger partial charge in [0.15, 0.2) is 0 Å². The molecule has 0 fully saturated rings. The molecule has 0 spiro atoms. The molecule has 7 heteroatoms. The Morgan fingerprint density at radius 1 is 1.00 bits per heavy atom. The molecule has 0 aliphatic rings. The smallest absolute Gasteiger partial charge is 0.275 e. The largest absolute Gasteiger partial charge is 0.497 e. The van der Waals surface area contributed by atoms with Crippen LogP contribution in [0.1, 0.15) is 16.8 Å². The summed E-state index contributed by atoms with van der Waals surface area (Å²) in [5.41, 5.74) is 2.39. The van der Waals surface area contributed by atoms with Crippen molar-refractivity contribution in [1.82, 2.24) is 20.1 Å². The van der Waals surface area contributed by atoms with E-state index in [1.807, 2.05) is 54.6 Å². The number of ether oxygens (including phenoxy) is 1. The molecule has 1 amide bonds. The fourth-order valence-corrected chi connectivity index (χ4v) is 3.41. The minimum atomic E-state index is -0.289. The molecule has 4 rings (SSSR count). The second-order valence-corrected chi connectivity index (χ2v) is 7.12. The van der Waals surface area contributed by atoms with Crippen molar-refractivity contribution in [2.45, 2.75) is 19.5 Å². The lowest BCUT2D eigenvalue weighted by molar-refractivity contribution is -0.122. The van der Waals surface area contributed by atoms with Gasteiger partial charge in [-0.25, -0.2) is 4.68 Å². The van der Waals surface area contributed by atoms with E-state index in [0.717, 1.165) is 28.0 Å². The molecule has 1 N–H and O–H groups in total. The minimum absolute atomic E-state index is 0.156. The van der Waals surface area contributed by atoms with Crippen molar-refractivity contribution >= 4 is 16.7 Å². The number of aromatic nitrogens is 3. The van der Waals surface area contributed by atoms with E-state index in [4.69, 9.17) is 4.74 Å². The lowest BCUT2D eigenvalue weighted by Crippen LogP contribution is -2.34. The topological polar surface area (TPSA) is 86.1 Å². The van der Waals surface area contributed by atoms with Crippen molar-refractivity contribution in [3.8, 4) is 5.75 Å². The molecular formula is C24H22N4O3. The average Bonchev–Trinajstić information content (AvgIpc) is 2.81. The van der Waals surface area contributed by atoms with Crippen molar-refractivity contribution in [3.63, 3.8) is 0 Å². The number of carbonyl (C=O) groups is 1. The van der Waals surface area contributed by atoms with Gasteiger partial charge in [-0.3, -0.25) is 14.6 Å². The maximum atomic E-state index is 12.9. The number of benzene rings is 2. The van der Waals surface area contributed by atoms with Crippen LogP contribution in [0.2, 0.25) is 0 Å². The summed E-state index contributed by atoms with van der Waals surface area (Å²) in [5, 5.41) is 8.69. The molecule has 2 heterocycles. The second kappa shape index (κ2) is 9.21. The highest BCUT2D eigenvalue weighted by Gasteiger charge is 2.13. The Labute approximate surface area is 179 Å². The fraction of sp³-hybridized carbons (Fsp3) is 0.167. The zero-order valence-electron chi connectivity index (χ0n) is 17.1. The Balaban J connectivity index is 1.57. The van der Waals surface area contributed by atoms with Crippen molar-refractivity contribution < 1.29 is 9.53 Å². The van der Waals surface area contributed by atoms with Gasteiger partial charge in [-0.05, 0) is 41.5 Å². The summed E-state index contributed by atoms with van der Waals surface area (Å²) in [6, 6.07) is 18.6. The Bertz CT molecular complexity index is 1270. The number of rotatable bonds is 7. The van der Waals surface area contributed by atoms with Gasteiger partial charge in [-0.15, -0.1) is 0 Å². The lowest BCUT2D eigenvalue weighted by Gasteiger charge is -2.12. The number of carbonyl (C=O) groups excluding carboxylic acids is 1. The van der Waals surface area contributed by atoms with Crippen LogP contribution in [0.3, 0.4) is 0 Å². The van der Waals surface area contributed by atoms with E-state index in [0.29, 0.717) is 18.4 Å². The van der Waals surface area contributed by atoms with Crippen LogP contribution in [0, 0.1) is 0 Å². The predicted molar refractivity (Wildman–Crippen MR) is 118 cm³/mol. The van der Waals surface area contributed by atoms with Crippen molar-refractivity contribution in [2.75, 3.05) is 7.11 Å². The zero-order valence-corrected chi connectivity index (χ0v) is 17.1. The quantitative estimate of drug-likeness (QED) is 0.503. The summed E-state index contributed by atoms with van der Waals surface area (Å²) in [6.45, 7) is 0.180. The van der Waals surface area contributed by atoms with Crippen LogP contribution in [-0.4, -0.2) is 27.8 Å². The highest BCUT2D eigenvalue weighted by molar-refractivity contribution is 5.84. The number of methoxy groups -OCH3 is 1. The predicted octanol–water partition coefficient (Wildman–Crippen LogP) is 2.71. The molecule has 0 unspecified atom stereocenters. The van der Waals surface area contributed by atoms with E-state index >= 15 is 0 Å². The van der Waals surface area contributed by atoms with Gasteiger partial charge in [0.05, 0.1) is 18.2 Å². The summed E-state index contributed by atoms with van der Waals surface area (Å²) in [6.07, 6.45) is 3.98. The van der Waals surface area contributed by atoms with Crippen LogP contribution in [0.5, 0.6) is 5.75 Å². The van der Waals surface area contributed by atoms with Gasteiger partial charge < -0.3 is 10.1 Å². The van der Waals surface area contributed by atoms with E-state index in [9.17, 15) is 9.59 Å². The van der Waals surface area contributed by atoms with Gasteiger partial charge in [0, 0.05) is 30.7 Å². The highest BCUT2D eigenvalue weighted by Crippen LogP contribution is 2.17. The first-order chi connectivity index (χ1) is 15.1. The molecular weight excluding hydrogens is 392 g/mol. The van der Waals surface area contributed by atoms with Gasteiger partial charge in [-0.2, -0.15) is 5.10 Å². The van der Waals surface area contributed by atoms with E-state index < -0.39 is 0 Å². The third-order valence-corrected chi connectivity index (χ3v) is 4.98. The molecule has 0 aliphatic heterocycles. The van der Waals surface area contributed by atoms with Crippen LogP contribution in [0.25, 0.3) is 10.8 Å². The Kier molecular flexibility index (Phi) is 6.03. The van der Waals surface area contributed by atoms with Crippen LogP contribution < -0.4 is 15.6 Å². The zero-order chi connectivity index (χ0) is 21.6. The molecule has 0 saturated carbocycles. The van der Waals surface area contributed by atoms with Crippen molar-refractivity contribution in [1.29, 1.82) is 0 Å². The monoisotopic (exact) mass is 414 g/mol. The second-order valence-electron chi connectivity index (χ2n) is 7.12. The first-order valence-corrected chi connectivity index (χ1v) is 9.91. The van der Waals surface area contributed by atoms with Gasteiger partial charge in [0.2, 0.25) is 5.91 Å². The van der Waals surface area contributed by atoms with Gasteiger partial charge >= 0.3 is 0 Å². The maximum absolute atomic E-state index is 12.9. The molecule has 31 heavy (non-hydrogen) atoms. The molecule has 4 aromatic rings. The van der Waals surface area contributed by atoms with Gasteiger partial charge in [0.1, 0.15) is 12.3 Å². The number of hydrogen-bond donors (Lipinski definition) is 1. The number of hydrogen-bond acceptors (Lipinski definition) is 5. The van der Waals surface area contributed by atoms with Crippen molar-refractivity contribution in [2.24, 2.45) is 0 Å². The van der Waals surface area contributed by atoms with E-state index in [-0.39, 0.29) is 18.0 Å². The first-order valence-electron chi connectivity index (χ1n) is 9.91. The number of nitrogens with one attached hydrogen (secondary N) is 1. The number of fused-ring (bicyclic) bond motifs is 1. The molecule has 2 aromatic carbocycles. The maximum Gasteiger partial charge on any atom is 0.275 e. The summed E-state index contributed by atoms with van der Waals surface area (Å²) in [4.78, 5) is 29.5. The SMILES string of the molecule is COc1cccc(CNC(=O)Cn2nc(Cc3ccncc3)c3ccccc3c2=O)c1. The summed E-state index contributed by atoms with van der Waals surface area (Å²) in [5.74, 6) is 0.433. The number of amides is 1.